The molecule has 0 aromatic heterocycles. The van der Waals surface area contributed by atoms with E-state index in [2.05, 4.69) is 39.6 Å². The van der Waals surface area contributed by atoms with E-state index in [0.717, 1.165) is 37.4 Å². The number of nitrogens with zero attached hydrogens (tertiary/aromatic N) is 2. The fourth-order valence-electron chi connectivity index (χ4n) is 2.97. The van der Waals surface area contributed by atoms with Gasteiger partial charge in [0.2, 0.25) is 0 Å². The van der Waals surface area contributed by atoms with Gasteiger partial charge < -0.3 is 20.4 Å². The summed E-state index contributed by atoms with van der Waals surface area (Å²) in [6, 6.07) is 15.8. The van der Waals surface area contributed by atoms with Crippen molar-refractivity contribution in [3.8, 4) is 0 Å². The van der Waals surface area contributed by atoms with Crippen LogP contribution in [0.1, 0.15) is 11.1 Å². The average molecular weight is 350 g/mol. The van der Waals surface area contributed by atoms with Gasteiger partial charge in [-0.15, -0.1) is 0 Å². The number of urea groups is 1. The summed E-state index contributed by atoms with van der Waals surface area (Å²) in [6.45, 7) is 6.27. The third-order valence-electron chi connectivity index (χ3n) is 4.66. The van der Waals surface area contributed by atoms with Crippen molar-refractivity contribution in [2.45, 2.75) is 6.92 Å². The summed E-state index contributed by atoms with van der Waals surface area (Å²) in [5.41, 5.74) is 4.24. The molecule has 0 saturated carbocycles. The highest BCUT2D eigenvalue weighted by Gasteiger charge is 2.14. The molecule has 1 fully saturated rings. The Morgan fingerprint density at radius 1 is 1.00 bits per heavy atom. The van der Waals surface area contributed by atoms with Crippen molar-refractivity contribution in [1.29, 1.82) is 0 Å². The number of likely N-dealkylation sites (N-methyl/N-ethyl adjacent to an activating group) is 1. The number of carbonyl (C=O) groups excluding carboxylic acids is 1. The number of nitrogens with one attached hydrogen (secondary N) is 2. The number of carbonyl (C=O) groups is 1. The number of amides is 2. The van der Waals surface area contributed by atoms with Gasteiger partial charge in [0, 0.05) is 43.8 Å². The molecule has 0 bridgehead atoms. The standard InChI is InChI=1S/C21H26N4O/c1-17-5-3-4-6-18(17)11-12-22-21(26)23-19-7-9-20(10-8-19)25-15-13-24(2)14-16-25/h3-12H,13-16H2,1-2H3,(H2,22,23,26)/b12-11+. The lowest BCUT2D eigenvalue weighted by molar-refractivity contribution is 0.255. The lowest BCUT2D eigenvalue weighted by Gasteiger charge is -2.34. The molecule has 1 saturated heterocycles. The summed E-state index contributed by atoms with van der Waals surface area (Å²) in [6.07, 6.45) is 3.56. The van der Waals surface area contributed by atoms with Crippen molar-refractivity contribution in [3.05, 3.63) is 65.9 Å². The maximum Gasteiger partial charge on any atom is 0.323 e. The topological polar surface area (TPSA) is 47.6 Å². The molecular weight excluding hydrogens is 324 g/mol. The van der Waals surface area contributed by atoms with E-state index in [4.69, 9.17) is 0 Å². The molecule has 0 atom stereocenters. The van der Waals surface area contributed by atoms with E-state index >= 15 is 0 Å². The molecule has 3 rings (SSSR count). The first-order valence-electron chi connectivity index (χ1n) is 8.95. The van der Waals surface area contributed by atoms with Crippen LogP contribution in [0.2, 0.25) is 0 Å². The number of anilines is 2. The number of rotatable bonds is 4. The molecule has 1 heterocycles. The van der Waals surface area contributed by atoms with Crippen LogP contribution < -0.4 is 15.5 Å². The van der Waals surface area contributed by atoms with Crippen molar-refractivity contribution in [1.82, 2.24) is 10.2 Å². The normalized spacial score (nSPS) is 15.2. The molecule has 2 amide bonds. The van der Waals surface area contributed by atoms with Gasteiger partial charge in [0.15, 0.2) is 0 Å². The lowest BCUT2D eigenvalue weighted by atomic mass is 10.1. The molecule has 0 aliphatic carbocycles. The van der Waals surface area contributed by atoms with Crippen LogP contribution in [-0.2, 0) is 0 Å². The zero-order valence-corrected chi connectivity index (χ0v) is 15.4. The van der Waals surface area contributed by atoms with Crippen LogP contribution in [0.5, 0.6) is 0 Å². The third-order valence-corrected chi connectivity index (χ3v) is 4.66. The Kier molecular flexibility index (Phi) is 5.92. The highest BCUT2D eigenvalue weighted by Crippen LogP contribution is 2.19. The second kappa shape index (κ2) is 8.54. The minimum absolute atomic E-state index is 0.248. The van der Waals surface area contributed by atoms with E-state index in [1.165, 1.54) is 11.3 Å². The van der Waals surface area contributed by atoms with Gasteiger partial charge in [-0.3, -0.25) is 0 Å². The molecule has 26 heavy (non-hydrogen) atoms. The Balaban J connectivity index is 1.51. The number of hydrogen-bond acceptors (Lipinski definition) is 3. The van der Waals surface area contributed by atoms with Crippen LogP contribution in [0.25, 0.3) is 6.08 Å². The molecule has 0 unspecified atom stereocenters. The molecule has 2 aromatic carbocycles. The maximum atomic E-state index is 12.0. The molecule has 2 N–H and O–H groups in total. The third kappa shape index (κ3) is 4.86. The summed E-state index contributed by atoms with van der Waals surface area (Å²) >= 11 is 0. The van der Waals surface area contributed by atoms with Gasteiger partial charge in [-0.2, -0.15) is 0 Å². The van der Waals surface area contributed by atoms with Crippen molar-refractivity contribution < 1.29 is 4.79 Å². The second-order valence-corrected chi connectivity index (χ2v) is 6.63. The zero-order chi connectivity index (χ0) is 18.4. The van der Waals surface area contributed by atoms with Crippen molar-refractivity contribution in [3.63, 3.8) is 0 Å². The van der Waals surface area contributed by atoms with E-state index in [-0.39, 0.29) is 6.03 Å². The molecule has 1 aliphatic rings. The van der Waals surface area contributed by atoms with Crippen LogP contribution >= 0.6 is 0 Å². The number of piperazine rings is 1. The first kappa shape index (κ1) is 18.0. The summed E-state index contributed by atoms with van der Waals surface area (Å²) in [4.78, 5) is 16.7. The zero-order valence-electron chi connectivity index (χ0n) is 15.4. The van der Waals surface area contributed by atoms with E-state index in [1.54, 1.807) is 6.20 Å². The fraction of sp³-hybridized carbons (Fsp3) is 0.286. The monoisotopic (exact) mass is 350 g/mol. The SMILES string of the molecule is Cc1ccccc1/C=C/NC(=O)Nc1ccc(N2CCN(C)CC2)cc1. The predicted octanol–water partition coefficient (Wildman–Crippen LogP) is 3.54. The van der Waals surface area contributed by atoms with Gasteiger partial charge in [0.1, 0.15) is 0 Å². The van der Waals surface area contributed by atoms with Gasteiger partial charge in [0.25, 0.3) is 0 Å². The van der Waals surface area contributed by atoms with Crippen LogP contribution in [0.15, 0.2) is 54.7 Å². The Labute approximate surface area is 155 Å². The predicted molar refractivity (Wildman–Crippen MR) is 109 cm³/mol. The highest BCUT2D eigenvalue weighted by atomic mass is 16.2. The molecule has 1 aliphatic heterocycles. The van der Waals surface area contributed by atoms with Crippen LogP contribution in [0.4, 0.5) is 16.2 Å². The fourth-order valence-corrected chi connectivity index (χ4v) is 2.97. The van der Waals surface area contributed by atoms with Crippen LogP contribution in [0, 0.1) is 6.92 Å². The van der Waals surface area contributed by atoms with Crippen molar-refractivity contribution in [2.24, 2.45) is 0 Å². The van der Waals surface area contributed by atoms with Gasteiger partial charge in [-0.1, -0.05) is 24.3 Å². The largest absolute Gasteiger partial charge is 0.369 e. The first-order chi connectivity index (χ1) is 12.6. The van der Waals surface area contributed by atoms with E-state index < -0.39 is 0 Å². The Morgan fingerprint density at radius 2 is 1.69 bits per heavy atom. The minimum Gasteiger partial charge on any atom is -0.369 e. The molecule has 0 spiro atoms. The van der Waals surface area contributed by atoms with Crippen LogP contribution in [-0.4, -0.2) is 44.2 Å². The average Bonchev–Trinajstić information content (AvgIpc) is 2.65. The molecule has 2 aromatic rings. The van der Waals surface area contributed by atoms with Gasteiger partial charge in [0.05, 0.1) is 0 Å². The van der Waals surface area contributed by atoms with E-state index in [1.807, 2.05) is 49.4 Å². The first-order valence-corrected chi connectivity index (χ1v) is 8.95. The van der Waals surface area contributed by atoms with Gasteiger partial charge in [-0.05, 0) is 55.4 Å². The smallest absolute Gasteiger partial charge is 0.323 e. The summed E-state index contributed by atoms with van der Waals surface area (Å²) in [5, 5.41) is 5.60. The number of hydrogen-bond donors (Lipinski definition) is 2. The number of aryl methyl sites for hydroxylation is 1. The maximum absolute atomic E-state index is 12.0. The van der Waals surface area contributed by atoms with Crippen molar-refractivity contribution >= 4 is 23.5 Å². The van der Waals surface area contributed by atoms with E-state index in [9.17, 15) is 4.79 Å². The van der Waals surface area contributed by atoms with E-state index in [0.29, 0.717) is 0 Å². The summed E-state index contributed by atoms with van der Waals surface area (Å²) in [7, 11) is 2.15. The molecule has 5 heteroatoms. The van der Waals surface area contributed by atoms with Gasteiger partial charge in [-0.25, -0.2) is 4.79 Å². The van der Waals surface area contributed by atoms with Crippen molar-refractivity contribution in [2.75, 3.05) is 43.4 Å². The Hall–Kier alpha value is -2.79. The Morgan fingerprint density at radius 3 is 2.38 bits per heavy atom. The van der Waals surface area contributed by atoms with Gasteiger partial charge >= 0.3 is 6.03 Å². The molecular formula is C21H26N4O. The highest BCUT2D eigenvalue weighted by molar-refractivity contribution is 5.90. The summed E-state index contributed by atoms with van der Waals surface area (Å²) < 4.78 is 0. The van der Waals surface area contributed by atoms with Crippen LogP contribution in [0.3, 0.4) is 0 Å². The molecule has 136 valence electrons. The minimum atomic E-state index is -0.248. The second-order valence-electron chi connectivity index (χ2n) is 6.63. The Bertz CT molecular complexity index is 762. The quantitative estimate of drug-likeness (QED) is 0.887. The molecule has 0 radical (unpaired) electrons. The number of benzene rings is 2. The molecule has 5 nitrogen and oxygen atoms in total. The lowest BCUT2D eigenvalue weighted by Crippen LogP contribution is -2.44. The summed E-state index contributed by atoms with van der Waals surface area (Å²) in [5.74, 6) is 0.